The lowest BCUT2D eigenvalue weighted by Crippen LogP contribution is -2.51. The van der Waals surface area contributed by atoms with E-state index in [4.69, 9.17) is 4.42 Å². The van der Waals surface area contributed by atoms with Crippen molar-refractivity contribution in [3.05, 3.63) is 95.1 Å². The summed E-state index contributed by atoms with van der Waals surface area (Å²) in [7, 11) is 1.88. The van der Waals surface area contributed by atoms with Crippen molar-refractivity contribution >= 4 is 29.1 Å². The number of anilines is 3. The summed E-state index contributed by atoms with van der Waals surface area (Å²) in [6.45, 7) is 6.50. The quantitative estimate of drug-likeness (QED) is 0.394. The molecule has 3 amide bonds. The van der Waals surface area contributed by atoms with Crippen molar-refractivity contribution in [2.45, 2.75) is 26.6 Å². The van der Waals surface area contributed by atoms with Crippen LogP contribution in [0.2, 0.25) is 0 Å². The van der Waals surface area contributed by atoms with Crippen molar-refractivity contribution in [3.63, 3.8) is 0 Å². The van der Waals surface area contributed by atoms with Crippen LogP contribution in [0.1, 0.15) is 32.8 Å². The minimum absolute atomic E-state index is 0.0712. The number of aromatic nitrogens is 2. The zero-order valence-corrected chi connectivity index (χ0v) is 22.8. The molecule has 2 N–H and O–H groups in total. The molecular weight excluding hydrogens is 506 g/mol. The molecule has 4 aromatic rings. The highest BCUT2D eigenvalue weighted by molar-refractivity contribution is 6.08. The van der Waals surface area contributed by atoms with Gasteiger partial charge in [-0.25, -0.2) is 4.79 Å². The van der Waals surface area contributed by atoms with Crippen LogP contribution in [-0.2, 0) is 26.7 Å². The summed E-state index contributed by atoms with van der Waals surface area (Å²) < 4.78 is 7.22. The fourth-order valence-electron chi connectivity index (χ4n) is 5.34. The molecule has 0 spiro atoms. The Balaban J connectivity index is 1.09. The fourth-order valence-corrected chi connectivity index (χ4v) is 5.34. The summed E-state index contributed by atoms with van der Waals surface area (Å²) in [4.78, 5) is 32.6. The average molecular weight is 540 g/mol. The van der Waals surface area contributed by atoms with Gasteiger partial charge in [0.05, 0.1) is 36.9 Å². The average Bonchev–Trinajstić information content (AvgIpc) is 3.56. The third-order valence-corrected chi connectivity index (χ3v) is 7.67. The molecule has 2 aromatic carbocycles. The number of piperazine rings is 1. The highest BCUT2D eigenvalue weighted by Gasteiger charge is 2.27. The van der Waals surface area contributed by atoms with Crippen LogP contribution in [0.5, 0.6) is 0 Å². The van der Waals surface area contributed by atoms with Gasteiger partial charge < -0.3 is 24.9 Å². The van der Waals surface area contributed by atoms with E-state index in [9.17, 15) is 9.59 Å². The topological polar surface area (TPSA) is 98.9 Å². The number of hydrogen-bond acceptors (Lipinski definition) is 6. The Morgan fingerprint density at radius 3 is 2.65 bits per heavy atom. The SMILES string of the molecule is Cc1cc(C(=O)N2Cc3cnn(C)c3Nc3ccccc32)ccc1CNC(=O)N1CCN(Cc2ccco2)CC1. The van der Waals surface area contributed by atoms with E-state index in [1.54, 1.807) is 22.0 Å². The van der Waals surface area contributed by atoms with Gasteiger partial charge in [-0.3, -0.25) is 14.4 Å². The van der Waals surface area contributed by atoms with Crippen LogP contribution in [0.15, 0.2) is 71.5 Å². The number of rotatable bonds is 5. The van der Waals surface area contributed by atoms with Gasteiger partial charge in [0.1, 0.15) is 11.6 Å². The number of nitrogens with one attached hydrogen (secondary N) is 2. The molecule has 2 aromatic heterocycles. The number of fused-ring (bicyclic) bond motifs is 2. The highest BCUT2D eigenvalue weighted by atomic mass is 16.3. The van der Waals surface area contributed by atoms with E-state index >= 15 is 0 Å². The number of furan rings is 1. The number of urea groups is 1. The first-order valence-corrected chi connectivity index (χ1v) is 13.5. The van der Waals surface area contributed by atoms with Crippen LogP contribution in [0, 0.1) is 6.92 Å². The lowest BCUT2D eigenvalue weighted by atomic mass is 10.0. The smallest absolute Gasteiger partial charge is 0.317 e. The van der Waals surface area contributed by atoms with Gasteiger partial charge >= 0.3 is 6.03 Å². The molecule has 0 radical (unpaired) electrons. The number of carbonyl (C=O) groups excluding carboxylic acids is 2. The van der Waals surface area contributed by atoms with Crippen molar-refractivity contribution < 1.29 is 14.0 Å². The van der Waals surface area contributed by atoms with Gasteiger partial charge in [0.25, 0.3) is 5.91 Å². The minimum atomic E-state index is -0.0861. The maximum absolute atomic E-state index is 13.8. The maximum Gasteiger partial charge on any atom is 0.317 e. The first kappa shape index (κ1) is 25.7. The van der Waals surface area contributed by atoms with Crippen LogP contribution in [-0.4, -0.2) is 57.7 Å². The van der Waals surface area contributed by atoms with Crippen LogP contribution >= 0.6 is 0 Å². The molecular formula is C30H33N7O3. The van der Waals surface area contributed by atoms with Gasteiger partial charge in [0, 0.05) is 50.9 Å². The molecule has 2 aliphatic heterocycles. The van der Waals surface area contributed by atoms with E-state index in [2.05, 4.69) is 20.6 Å². The Hall–Kier alpha value is -4.57. The van der Waals surface area contributed by atoms with E-state index in [-0.39, 0.29) is 11.9 Å². The van der Waals surface area contributed by atoms with Crippen molar-refractivity contribution in [2.75, 3.05) is 36.4 Å². The van der Waals surface area contributed by atoms with Gasteiger partial charge in [-0.1, -0.05) is 18.2 Å². The maximum atomic E-state index is 13.8. The number of aryl methyl sites for hydroxylation is 2. The molecule has 206 valence electrons. The summed E-state index contributed by atoms with van der Waals surface area (Å²) in [5.74, 6) is 1.73. The second-order valence-corrected chi connectivity index (χ2v) is 10.3. The summed E-state index contributed by atoms with van der Waals surface area (Å²) in [6, 6.07) is 17.3. The molecule has 0 unspecified atom stereocenters. The van der Waals surface area contributed by atoms with Crippen molar-refractivity contribution in [3.8, 4) is 0 Å². The molecule has 1 fully saturated rings. The van der Waals surface area contributed by atoms with Gasteiger partial charge in [0.2, 0.25) is 0 Å². The monoisotopic (exact) mass is 539 g/mol. The third kappa shape index (κ3) is 5.17. The van der Waals surface area contributed by atoms with Gasteiger partial charge in [-0.05, 0) is 54.4 Å². The summed E-state index contributed by atoms with van der Waals surface area (Å²) >= 11 is 0. The number of amides is 3. The Labute approximate surface area is 233 Å². The zero-order valence-electron chi connectivity index (χ0n) is 22.8. The first-order chi connectivity index (χ1) is 19.5. The summed E-state index contributed by atoms with van der Waals surface area (Å²) in [5, 5.41) is 10.8. The zero-order chi connectivity index (χ0) is 27.6. The van der Waals surface area contributed by atoms with Gasteiger partial charge in [0.15, 0.2) is 0 Å². The van der Waals surface area contributed by atoms with E-state index in [1.165, 1.54) is 0 Å². The summed E-state index contributed by atoms with van der Waals surface area (Å²) in [5.41, 5.74) is 5.16. The Bertz CT molecular complexity index is 1520. The van der Waals surface area contributed by atoms with E-state index in [0.717, 1.165) is 59.3 Å². The number of benzene rings is 2. The van der Waals surface area contributed by atoms with Gasteiger partial charge in [-0.2, -0.15) is 5.10 Å². The van der Waals surface area contributed by atoms with E-state index in [0.29, 0.717) is 31.7 Å². The van der Waals surface area contributed by atoms with Crippen LogP contribution in [0.25, 0.3) is 0 Å². The van der Waals surface area contributed by atoms with Crippen LogP contribution < -0.4 is 15.5 Å². The highest BCUT2D eigenvalue weighted by Crippen LogP contribution is 2.36. The molecule has 0 saturated carbocycles. The molecule has 6 rings (SSSR count). The normalized spacial score (nSPS) is 15.2. The lowest BCUT2D eigenvalue weighted by molar-refractivity contribution is 0.0985. The molecule has 2 aliphatic rings. The molecule has 0 atom stereocenters. The number of nitrogens with zero attached hydrogens (tertiary/aromatic N) is 5. The first-order valence-electron chi connectivity index (χ1n) is 13.5. The lowest BCUT2D eigenvalue weighted by Gasteiger charge is -2.34. The number of para-hydroxylation sites is 2. The van der Waals surface area contributed by atoms with Gasteiger partial charge in [-0.15, -0.1) is 0 Å². The van der Waals surface area contributed by atoms with Crippen molar-refractivity contribution in [1.29, 1.82) is 0 Å². The minimum Gasteiger partial charge on any atom is -0.468 e. The van der Waals surface area contributed by atoms with Crippen molar-refractivity contribution in [2.24, 2.45) is 7.05 Å². The predicted molar refractivity (Wildman–Crippen MR) is 152 cm³/mol. The molecule has 1 saturated heterocycles. The molecule has 10 heteroatoms. The van der Waals surface area contributed by atoms with E-state index < -0.39 is 0 Å². The molecule has 0 aliphatic carbocycles. The summed E-state index contributed by atoms with van der Waals surface area (Å²) in [6.07, 6.45) is 3.48. The fraction of sp³-hybridized carbons (Fsp3) is 0.300. The molecule has 4 heterocycles. The predicted octanol–water partition coefficient (Wildman–Crippen LogP) is 4.25. The molecule has 10 nitrogen and oxygen atoms in total. The van der Waals surface area contributed by atoms with E-state index in [1.807, 2.05) is 73.5 Å². The Morgan fingerprint density at radius 1 is 1.05 bits per heavy atom. The second-order valence-electron chi connectivity index (χ2n) is 10.3. The van der Waals surface area contributed by atoms with Crippen molar-refractivity contribution in [1.82, 2.24) is 24.9 Å². The van der Waals surface area contributed by atoms with Crippen LogP contribution in [0.3, 0.4) is 0 Å². The Morgan fingerprint density at radius 2 is 1.88 bits per heavy atom. The second kappa shape index (κ2) is 10.9. The number of carbonyl (C=O) groups is 2. The molecule has 40 heavy (non-hydrogen) atoms. The number of hydrogen-bond donors (Lipinski definition) is 2. The standard InChI is InChI=1S/C30H33N7O3/c1-21-16-22(29(38)37-19-24-18-32-34(2)28(24)33-26-7-3-4-8-27(26)37)9-10-23(21)17-31-30(39)36-13-11-35(12-14-36)20-25-6-5-15-40-25/h3-10,15-16,18,33H,11-14,17,19-20H2,1-2H3,(H,31,39). The molecule has 0 bridgehead atoms. The Kier molecular flexibility index (Phi) is 7.00. The van der Waals surface area contributed by atoms with Crippen LogP contribution in [0.4, 0.5) is 22.0 Å². The third-order valence-electron chi connectivity index (χ3n) is 7.67. The largest absolute Gasteiger partial charge is 0.468 e.